The topological polar surface area (TPSA) is 66.0 Å². The summed E-state index contributed by atoms with van der Waals surface area (Å²) in [6.45, 7) is 14.6. The second-order valence-corrected chi connectivity index (χ2v) is 9.04. The van der Waals surface area contributed by atoms with E-state index in [0.717, 1.165) is 49.7 Å². The summed E-state index contributed by atoms with van der Waals surface area (Å²) in [6, 6.07) is 7.81. The third-order valence-corrected chi connectivity index (χ3v) is 5.77. The molecule has 0 aromatic heterocycles. The van der Waals surface area contributed by atoms with Crippen LogP contribution in [0.15, 0.2) is 29.3 Å². The molecule has 6 nitrogen and oxygen atoms in total. The number of amides is 1. The van der Waals surface area contributed by atoms with Gasteiger partial charge in [0.2, 0.25) is 0 Å². The summed E-state index contributed by atoms with van der Waals surface area (Å²) in [5.74, 6) is 1.35. The van der Waals surface area contributed by atoms with Gasteiger partial charge in [-0.1, -0.05) is 32.9 Å². The van der Waals surface area contributed by atoms with Crippen LogP contribution in [0.4, 0.5) is 0 Å². The molecule has 0 aliphatic carbocycles. The molecular formula is C24H40N4O2. The number of hydrogen-bond acceptors (Lipinski definition) is 3. The Kier molecular flexibility index (Phi) is 9.15. The second kappa shape index (κ2) is 11.3. The van der Waals surface area contributed by atoms with Gasteiger partial charge < -0.3 is 20.3 Å². The Morgan fingerprint density at radius 2 is 1.83 bits per heavy atom. The maximum absolute atomic E-state index is 12.4. The molecule has 0 radical (unpaired) electrons. The summed E-state index contributed by atoms with van der Waals surface area (Å²) in [6.07, 6.45) is 2.55. The van der Waals surface area contributed by atoms with Crippen LogP contribution in [-0.4, -0.2) is 56.2 Å². The van der Waals surface area contributed by atoms with Crippen molar-refractivity contribution in [3.05, 3.63) is 35.4 Å². The summed E-state index contributed by atoms with van der Waals surface area (Å²) >= 11 is 0. The number of carbonyl (C=O) groups is 1. The van der Waals surface area contributed by atoms with Gasteiger partial charge in [-0.3, -0.25) is 9.79 Å². The van der Waals surface area contributed by atoms with Crippen LogP contribution in [0.25, 0.3) is 0 Å². The van der Waals surface area contributed by atoms with Crippen molar-refractivity contribution in [2.75, 3.05) is 33.3 Å². The van der Waals surface area contributed by atoms with Gasteiger partial charge in [-0.2, -0.15) is 0 Å². The molecule has 1 saturated heterocycles. The van der Waals surface area contributed by atoms with Gasteiger partial charge in [0, 0.05) is 51.3 Å². The van der Waals surface area contributed by atoms with Gasteiger partial charge in [-0.25, -0.2) is 0 Å². The highest BCUT2D eigenvalue weighted by atomic mass is 16.5. The van der Waals surface area contributed by atoms with Gasteiger partial charge in [-0.05, 0) is 49.8 Å². The standard InChI is InChI=1S/C24H40N4O2/c1-7-28(8-2)22(29)19-13-11-18(12-14-19)16-26-23(25-6)27-17-20-10-9-15-30-21(20)24(3,4)5/h11-14,20-21H,7-10,15-17H2,1-6H3,(H2,25,26,27). The number of nitrogens with one attached hydrogen (secondary N) is 2. The smallest absolute Gasteiger partial charge is 0.253 e. The summed E-state index contributed by atoms with van der Waals surface area (Å²) in [7, 11) is 1.79. The number of benzene rings is 1. The van der Waals surface area contributed by atoms with Crippen LogP contribution in [0, 0.1) is 11.3 Å². The lowest BCUT2D eigenvalue weighted by Crippen LogP contribution is -2.47. The summed E-state index contributed by atoms with van der Waals surface area (Å²) < 4.78 is 6.08. The third kappa shape index (κ3) is 6.73. The van der Waals surface area contributed by atoms with Crippen molar-refractivity contribution in [1.29, 1.82) is 0 Å². The Morgan fingerprint density at radius 3 is 2.40 bits per heavy atom. The van der Waals surface area contributed by atoms with E-state index >= 15 is 0 Å². The van der Waals surface area contributed by atoms with E-state index in [0.29, 0.717) is 12.5 Å². The van der Waals surface area contributed by atoms with Gasteiger partial charge in [-0.15, -0.1) is 0 Å². The molecule has 1 aromatic carbocycles. The lowest BCUT2D eigenvalue weighted by Gasteiger charge is -2.40. The quantitative estimate of drug-likeness (QED) is 0.526. The first-order chi connectivity index (χ1) is 14.3. The van der Waals surface area contributed by atoms with Crippen LogP contribution < -0.4 is 10.6 Å². The number of ether oxygens (including phenoxy) is 1. The molecule has 0 saturated carbocycles. The molecule has 2 unspecified atom stereocenters. The van der Waals surface area contributed by atoms with Gasteiger partial charge >= 0.3 is 0 Å². The van der Waals surface area contributed by atoms with E-state index in [2.05, 4.69) is 36.4 Å². The van der Waals surface area contributed by atoms with Gasteiger partial charge in [0.15, 0.2) is 5.96 Å². The van der Waals surface area contributed by atoms with E-state index in [9.17, 15) is 4.79 Å². The zero-order chi connectivity index (χ0) is 22.1. The molecule has 2 atom stereocenters. The van der Waals surface area contributed by atoms with Crippen LogP contribution >= 0.6 is 0 Å². The molecule has 2 N–H and O–H groups in total. The number of carbonyl (C=O) groups excluding carboxylic acids is 1. The van der Waals surface area contributed by atoms with Crippen molar-refractivity contribution < 1.29 is 9.53 Å². The summed E-state index contributed by atoms with van der Waals surface area (Å²) in [5.41, 5.74) is 1.98. The minimum atomic E-state index is 0.0834. The van der Waals surface area contributed by atoms with Crippen LogP contribution in [0.5, 0.6) is 0 Å². The fourth-order valence-corrected chi connectivity index (χ4v) is 4.10. The Hall–Kier alpha value is -2.08. The lowest BCUT2D eigenvalue weighted by atomic mass is 9.78. The maximum Gasteiger partial charge on any atom is 0.253 e. The van der Waals surface area contributed by atoms with Crippen molar-refractivity contribution >= 4 is 11.9 Å². The predicted octanol–water partition coefficient (Wildman–Crippen LogP) is 3.67. The second-order valence-electron chi connectivity index (χ2n) is 9.04. The number of hydrogen-bond donors (Lipinski definition) is 2. The number of rotatable bonds is 7. The molecule has 1 aliphatic rings. The maximum atomic E-state index is 12.4. The highest BCUT2D eigenvalue weighted by Gasteiger charge is 2.35. The average Bonchev–Trinajstić information content (AvgIpc) is 2.74. The first-order valence-electron chi connectivity index (χ1n) is 11.2. The highest BCUT2D eigenvalue weighted by Crippen LogP contribution is 2.33. The summed E-state index contributed by atoms with van der Waals surface area (Å²) in [5, 5.41) is 6.84. The van der Waals surface area contributed by atoms with Crippen LogP contribution in [0.2, 0.25) is 0 Å². The molecule has 168 valence electrons. The Bertz CT molecular complexity index is 690. The van der Waals surface area contributed by atoms with Crippen LogP contribution in [0.3, 0.4) is 0 Å². The van der Waals surface area contributed by atoms with Gasteiger partial charge in [0.1, 0.15) is 0 Å². The van der Waals surface area contributed by atoms with Gasteiger partial charge in [0.05, 0.1) is 6.10 Å². The van der Waals surface area contributed by atoms with Crippen molar-refractivity contribution in [2.24, 2.45) is 16.3 Å². The fourth-order valence-electron chi connectivity index (χ4n) is 4.10. The number of guanidine groups is 1. The van der Waals surface area contributed by atoms with E-state index < -0.39 is 0 Å². The van der Waals surface area contributed by atoms with Crippen molar-refractivity contribution in [3.63, 3.8) is 0 Å². The predicted molar refractivity (Wildman–Crippen MR) is 124 cm³/mol. The molecule has 1 amide bonds. The third-order valence-electron chi connectivity index (χ3n) is 5.77. The Morgan fingerprint density at radius 1 is 1.17 bits per heavy atom. The van der Waals surface area contributed by atoms with E-state index in [1.165, 1.54) is 6.42 Å². The molecule has 1 aliphatic heterocycles. The first-order valence-corrected chi connectivity index (χ1v) is 11.2. The van der Waals surface area contributed by atoms with E-state index in [1.54, 1.807) is 7.05 Å². The monoisotopic (exact) mass is 416 g/mol. The van der Waals surface area contributed by atoms with Gasteiger partial charge in [0.25, 0.3) is 5.91 Å². The fraction of sp³-hybridized carbons (Fsp3) is 0.667. The first kappa shape index (κ1) is 24.2. The molecular weight excluding hydrogens is 376 g/mol. The van der Waals surface area contributed by atoms with Crippen molar-refractivity contribution in [2.45, 2.75) is 60.1 Å². The number of nitrogens with zero attached hydrogens (tertiary/aromatic N) is 2. The van der Waals surface area contributed by atoms with E-state index in [4.69, 9.17) is 4.74 Å². The largest absolute Gasteiger partial charge is 0.377 e. The zero-order valence-electron chi connectivity index (χ0n) is 19.6. The van der Waals surface area contributed by atoms with Crippen LogP contribution in [-0.2, 0) is 11.3 Å². The minimum absolute atomic E-state index is 0.0834. The zero-order valence-corrected chi connectivity index (χ0v) is 19.6. The molecule has 30 heavy (non-hydrogen) atoms. The number of aliphatic imine (C=N–C) groups is 1. The molecule has 1 aromatic rings. The minimum Gasteiger partial charge on any atom is -0.377 e. The average molecular weight is 417 g/mol. The molecule has 0 bridgehead atoms. The molecule has 1 heterocycles. The SMILES string of the molecule is CCN(CC)C(=O)c1ccc(CNC(=NC)NCC2CCCOC2C(C)(C)C)cc1. The molecule has 6 heteroatoms. The highest BCUT2D eigenvalue weighted by molar-refractivity contribution is 5.94. The van der Waals surface area contributed by atoms with Crippen LogP contribution in [0.1, 0.15) is 63.4 Å². The molecule has 2 rings (SSSR count). The normalized spacial score (nSPS) is 20.0. The van der Waals surface area contributed by atoms with Crippen molar-refractivity contribution in [3.8, 4) is 0 Å². The lowest BCUT2D eigenvalue weighted by molar-refractivity contribution is -0.0835. The van der Waals surface area contributed by atoms with E-state index in [-0.39, 0.29) is 17.4 Å². The Labute approximate surface area is 182 Å². The Balaban J connectivity index is 1.87. The molecule has 0 spiro atoms. The van der Waals surface area contributed by atoms with E-state index in [1.807, 2.05) is 43.0 Å². The van der Waals surface area contributed by atoms with Crippen molar-refractivity contribution in [1.82, 2.24) is 15.5 Å². The molecule has 1 fully saturated rings. The summed E-state index contributed by atoms with van der Waals surface area (Å²) in [4.78, 5) is 18.6.